The van der Waals surface area contributed by atoms with E-state index >= 15 is 0 Å². The molecule has 3 heterocycles. The highest BCUT2D eigenvalue weighted by Crippen LogP contribution is 2.33. The number of likely N-dealkylation sites (tertiary alicyclic amines) is 1. The first kappa shape index (κ1) is 15.7. The van der Waals surface area contributed by atoms with E-state index in [1.807, 2.05) is 28.8 Å². The van der Waals surface area contributed by atoms with Gasteiger partial charge < -0.3 is 19.4 Å². The summed E-state index contributed by atoms with van der Waals surface area (Å²) in [5.41, 5.74) is 0. The largest absolute Gasteiger partial charge is 0.461 e. The Kier molecular flexibility index (Phi) is 5.31. The summed E-state index contributed by atoms with van der Waals surface area (Å²) in [4.78, 5) is 14.5. The first-order valence-electron chi connectivity index (χ1n) is 8.00. The highest BCUT2D eigenvalue weighted by Gasteiger charge is 2.33. The van der Waals surface area contributed by atoms with Gasteiger partial charge in [0.1, 0.15) is 18.1 Å². The third-order valence-corrected chi connectivity index (χ3v) is 5.51. The molecule has 2 aliphatic rings. The zero-order chi connectivity index (χ0) is 15.4. The van der Waals surface area contributed by atoms with Crippen LogP contribution in [0.1, 0.15) is 43.2 Å². The lowest BCUT2D eigenvalue weighted by Crippen LogP contribution is -2.46. The molecule has 1 aromatic heterocycles. The van der Waals surface area contributed by atoms with E-state index in [1.54, 1.807) is 7.11 Å². The summed E-state index contributed by atoms with van der Waals surface area (Å²) in [7, 11) is 1.65. The van der Waals surface area contributed by atoms with Gasteiger partial charge in [0.05, 0.1) is 6.04 Å². The predicted octanol–water partition coefficient (Wildman–Crippen LogP) is 3.17. The molecule has 0 aromatic carbocycles. The van der Waals surface area contributed by atoms with Crippen LogP contribution in [0.4, 0.5) is 4.79 Å². The van der Waals surface area contributed by atoms with E-state index in [0.717, 1.165) is 43.1 Å². The minimum atomic E-state index is 0.0553. The van der Waals surface area contributed by atoms with Crippen LogP contribution in [0.15, 0.2) is 16.5 Å². The van der Waals surface area contributed by atoms with Gasteiger partial charge in [-0.3, -0.25) is 0 Å². The van der Waals surface area contributed by atoms with Gasteiger partial charge in [0, 0.05) is 25.4 Å². The van der Waals surface area contributed by atoms with Crippen LogP contribution in [-0.2, 0) is 11.3 Å². The molecule has 1 aromatic rings. The number of hydrogen-bond acceptors (Lipinski definition) is 4. The minimum Gasteiger partial charge on any atom is -0.461 e. The highest BCUT2D eigenvalue weighted by atomic mass is 32.2. The Balaban J connectivity index is 1.62. The van der Waals surface area contributed by atoms with Gasteiger partial charge in [0.15, 0.2) is 0 Å². The lowest BCUT2D eigenvalue weighted by molar-refractivity contribution is 0.155. The lowest BCUT2D eigenvalue weighted by atomic mass is 10.1. The summed E-state index contributed by atoms with van der Waals surface area (Å²) in [6, 6.07) is 4.33. The summed E-state index contributed by atoms with van der Waals surface area (Å²) >= 11 is 1.93. The first-order valence-corrected chi connectivity index (χ1v) is 9.16. The number of amides is 2. The maximum atomic E-state index is 12.6. The monoisotopic (exact) mass is 324 g/mol. The maximum Gasteiger partial charge on any atom is 0.318 e. The topological polar surface area (TPSA) is 54.7 Å². The van der Waals surface area contributed by atoms with Crippen molar-refractivity contribution in [3.8, 4) is 0 Å². The number of thioether (sulfide) groups is 1. The van der Waals surface area contributed by atoms with Crippen molar-refractivity contribution < 1.29 is 13.9 Å². The fourth-order valence-electron chi connectivity index (χ4n) is 3.21. The number of nitrogens with one attached hydrogen (secondary N) is 1. The van der Waals surface area contributed by atoms with Crippen LogP contribution in [0.5, 0.6) is 0 Å². The zero-order valence-electron chi connectivity index (χ0n) is 13.0. The Morgan fingerprint density at radius 3 is 3.14 bits per heavy atom. The Hall–Kier alpha value is -1.14. The minimum absolute atomic E-state index is 0.0553. The molecule has 1 N–H and O–H groups in total. The molecule has 2 saturated heterocycles. The number of hydrogen-bond donors (Lipinski definition) is 1. The molecule has 0 radical (unpaired) electrons. The van der Waals surface area contributed by atoms with Gasteiger partial charge in [-0.2, -0.15) is 11.8 Å². The van der Waals surface area contributed by atoms with Gasteiger partial charge in [0.2, 0.25) is 0 Å². The molecule has 6 heteroatoms. The lowest BCUT2D eigenvalue weighted by Gasteiger charge is -2.28. The molecule has 2 atom stereocenters. The number of rotatable bonds is 4. The van der Waals surface area contributed by atoms with Crippen molar-refractivity contribution in [1.82, 2.24) is 10.2 Å². The molecule has 22 heavy (non-hydrogen) atoms. The second kappa shape index (κ2) is 7.42. The molecule has 0 spiro atoms. The summed E-state index contributed by atoms with van der Waals surface area (Å²) in [5, 5.41) is 3.19. The van der Waals surface area contributed by atoms with Crippen LogP contribution in [-0.4, -0.2) is 42.1 Å². The number of nitrogens with zero attached hydrogens (tertiary/aromatic N) is 1. The summed E-state index contributed by atoms with van der Waals surface area (Å²) in [6.07, 6.45) is 4.28. The number of furan rings is 1. The molecule has 5 nitrogen and oxygen atoms in total. The summed E-state index contributed by atoms with van der Waals surface area (Å²) < 4.78 is 10.9. The molecule has 2 fully saturated rings. The molecule has 3 rings (SSSR count). The quantitative estimate of drug-likeness (QED) is 0.924. The third kappa shape index (κ3) is 3.60. The average molecular weight is 324 g/mol. The Morgan fingerprint density at radius 1 is 1.45 bits per heavy atom. The van der Waals surface area contributed by atoms with Crippen LogP contribution in [0, 0.1) is 0 Å². The van der Waals surface area contributed by atoms with Crippen LogP contribution < -0.4 is 5.32 Å². The molecule has 0 saturated carbocycles. The third-order valence-electron chi connectivity index (χ3n) is 4.30. The van der Waals surface area contributed by atoms with Crippen LogP contribution in [0.2, 0.25) is 0 Å². The standard InChI is InChI=1S/C16H24N2O3S/c1-20-10-13-6-7-15(21-13)14-5-2-8-18(14)16(19)17-12-4-3-9-22-11-12/h6-7,12,14H,2-5,8-11H2,1H3,(H,17,19). The van der Waals surface area contributed by atoms with E-state index in [1.165, 1.54) is 12.2 Å². The molecule has 2 aliphatic heterocycles. The zero-order valence-corrected chi connectivity index (χ0v) is 13.9. The second-order valence-corrected chi connectivity index (χ2v) is 7.10. The normalized spacial score (nSPS) is 25.4. The Morgan fingerprint density at radius 2 is 2.36 bits per heavy atom. The van der Waals surface area contributed by atoms with Crippen molar-refractivity contribution in [3.05, 3.63) is 23.7 Å². The fraction of sp³-hybridized carbons (Fsp3) is 0.688. The number of carbonyl (C=O) groups is 1. The molecule has 2 amide bonds. The van der Waals surface area contributed by atoms with Gasteiger partial charge in [-0.25, -0.2) is 4.79 Å². The van der Waals surface area contributed by atoms with E-state index in [9.17, 15) is 4.79 Å². The maximum absolute atomic E-state index is 12.6. The van der Waals surface area contributed by atoms with Crippen molar-refractivity contribution in [2.45, 2.75) is 44.4 Å². The molecular weight excluding hydrogens is 300 g/mol. The molecule has 122 valence electrons. The second-order valence-electron chi connectivity index (χ2n) is 5.95. The SMILES string of the molecule is COCc1ccc(C2CCCN2C(=O)NC2CCCSC2)o1. The first-order chi connectivity index (χ1) is 10.8. The molecule has 2 unspecified atom stereocenters. The summed E-state index contributed by atoms with van der Waals surface area (Å²) in [5.74, 6) is 3.93. The van der Waals surface area contributed by atoms with Crippen molar-refractivity contribution in [1.29, 1.82) is 0 Å². The molecule has 0 bridgehead atoms. The van der Waals surface area contributed by atoms with Gasteiger partial charge >= 0.3 is 6.03 Å². The van der Waals surface area contributed by atoms with Gasteiger partial charge in [-0.05, 0) is 43.6 Å². The molecular formula is C16H24N2O3S. The molecule has 0 aliphatic carbocycles. The van der Waals surface area contributed by atoms with E-state index in [4.69, 9.17) is 9.15 Å². The van der Waals surface area contributed by atoms with Gasteiger partial charge in [0.25, 0.3) is 0 Å². The van der Waals surface area contributed by atoms with E-state index in [-0.39, 0.29) is 12.1 Å². The van der Waals surface area contributed by atoms with Crippen LogP contribution in [0.25, 0.3) is 0 Å². The number of ether oxygens (including phenoxy) is 1. The van der Waals surface area contributed by atoms with E-state index < -0.39 is 0 Å². The van der Waals surface area contributed by atoms with Crippen molar-refractivity contribution >= 4 is 17.8 Å². The van der Waals surface area contributed by atoms with Crippen LogP contribution >= 0.6 is 11.8 Å². The number of methoxy groups -OCH3 is 1. The number of carbonyl (C=O) groups excluding carboxylic acids is 1. The fourth-order valence-corrected chi connectivity index (χ4v) is 4.28. The van der Waals surface area contributed by atoms with Crippen molar-refractivity contribution in [2.75, 3.05) is 25.2 Å². The van der Waals surface area contributed by atoms with Crippen LogP contribution in [0.3, 0.4) is 0 Å². The Labute approximate surface area is 135 Å². The van der Waals surface area contributed by atoms with E-state index in [2.05, 4.69) is 5.32 Å². The predicted molar refractivity (Wildman–Crippen MR) is 87.0 cm³/mol. The van der Waals surface area contributed by atoms with Crippen molar-refractivity contribution in [3.63, 3.8) is 0 Å². The number of urea groups is 1. The van der Waals surface area contributed by atoms with E-state index in [0.29, 0.717) is 12.6 Å². The van der Waals surface area contributed by atoms with Crippen molar-refractivity contribution in [2.24, 2.45) is 0 Å². The summed E-state index contributed by atoms with van der Waals surface area (Å²) in [6.45, 7) is 1.27. The Bertz CT molecular complexity index is 499. The smallest absolute Gasteiger partial charge is 0.318 e. The highest BCUT2D eigenvalue weighted by molar-refractivity contribution is 7.99. The van der Waals surface area contributed by atoms with Gasteiger partial charge in [-0.1, -0.05) is 0 Å². The van der Waals surface area contributed by atoms with Gasteiger partial charge in [-0.15, -0.1) is 0 Å². The average Bonchev–Trinajstić information content (AvgIpc) is 3.17.